The number of benzene rings is 1. The molecule has 1 aliphatic heterocycles. The van der Waals surface area contributed by atoms with E-state index in [2.05, 4.69) is 10.3 Å². The number of carbonyl (C=O) groups is 1. The lowest BCUT2D eigenvalue weighted by Gasteiger charge is -2.03. The van der Waals surface area contributed by atoms with Crippen LogP contribution in [0, 0.1) is 0 Å². The number of methoxy groups -OCH3 is 1. The highest BCUT2D eigenvalue weighted by Gasteiger charge is 2.10. The van der Waals surface area contributed by atoms with Crippen molar-refractivity contribution in [1.29, 1.82) is 0 Å². The molecular weight excluding hydrogens is 272 g/mol. The minimum atomic E-state index is 0. The maximum atomic E-state index is 11.9. The van der Waals surface area contributed by atoms with Crippen molar-refractivity contribution < 1.29 is 9.53 Å². The van der Waals surface area contributed by atoms with E-state index in [1.807, 2.05) is 0 Å². The maximum Gasteiger partial charge on any atom is 0.173 e. The third-order valence-electron chi connectivity index (χ3n) is 2.40. The molecule has 1 aromatic rings. The summed E-state index contributed by atoms with van der Waals surface area (Å²) in [7, 11) is 1.61. The van der Waals surface area contributed by atoms with E-state index in [-0.39, 0.29) is 18.2 Å². The van der Waals surface area contributed by atoms with Gasteiger partial charge in [-0.3, -0.25) is 9.79 Å². The second-order valence-corrected chi connectivity index (χ2v) is 4.52. The summed E-state index contributed by atoms with van der Waals surface area (Å²) >= 11 is 1.46. The van der Waals surface area contributed by atoms with Crippen molar-refractivity contribution in [2.24, 2.45) is 4.99 Å². The van der Waals surface area contributed by atoms with Crippen molar-refractivity contribution in [2.45, 2.75) is 0 Å². The Morgan fingerprint density at radius 1 is 1.44 bits per heavy atom. The number of nitrogens with one attached hydrogen (secondary N) is 1. The first kappa shape index (κ1) is 14.9. The number of rotatable bonds is 4. The molecule has 1 N–H and O–H groups in total. The highest BCUT2D eigenvalue weighted by atomic mass is 35.5. The van der Waals surface area contributed by atoms with E-state index in [0.717, 1.165) is 24.0 Å². The fourth-order valence-electron chi connectivity index (χ4n) is 1.47. The molecule has 0 aliphatic carbocycles. The Bertz CT molecular complexity index is 434. The van der Waals surface area contributed by atoms with Gasteiger partial charge >= 0.3 is 0 Å². The number of Topliss-reactive ketones (excluding diaryl/α,β-unsaturated/α-hetero) is 1. The first-order valence-corrected chi connectivity index (χ1v) is 6.36. The molecule has 98 valence electrons. The number of halogens is 1. The average molecular weight is 287 g/mol. The van der Waals surface area contributed by atoms with Crippen molar-refractivity contribution in [3.8, 4) is 5.75 Å². The Labute approximate surface area is 117 Å². The molecule has 1 heterocycles. The topological polar surface area (TPSA) is 50.7 Å². The molecule has 1 aromatic carbocycles. The summed E-state index contributed by atoms with van der Waals surface area (Å²) in [5.41, 5.74) is 0.705. The quantitative estimate of drug-likeness (QED) is 0.860. The van der Waals surface area contributed by atoms with E-state index < -0.39 is 0 Å². The Morgan fingerprint density at radius 3 is 2.72 bits per heavy atom. The second-order valence-electron chi connectivity index (χ2n) is 3.55. The lowest BCUT2D eigenvalue weighted by molar-refractivity contribution is 0.102. The molecule has 18 heavy (non-hydrogen) atoms. The summed E-state index contributed by atoms with van der Waals surface area (Å²) in [4.78, 5) is 16.1. The van der Waals surface area contributed by atoms with Gasteiger partial charge in [-0.2, -0.15) is 0 Å². The molecule has 2 rings (SSSR count). The molecule has 0 saturated heterocycles. The SMILES string of the molecule is COc1ccc(C(=O)CSC2=NCCN2)cc1.Cl. The summed E-state index contributed by atoms with van der Waals surface area (Å²) < 4.78 is 5.04. The van der Waals surface area contributed by atoms with E-state index in [0.29, 0.717) is 11.3 Å². The summed E-state index contributed by atoms with van der Waals surface area (Å²) in [6.07, 6.45) is 0. The third-order valence-corrected chi connectivity index (χ3v) is 3.35. The highest BCUT2D eigenvalue weighted by molar-refractivity contribution is 8.14. The van der Waals surface area contributed by atoms with Crippen LogP contribution in [0.5, 0.6) is 5.75 Å². The highest BCUT2D eigenvalue weighted by Crippen LogP contribution is 2.14. The molecule has 0 amide bonds. The number of amidine groups is 1. The first-order valence-electron chi connectivity index (χ1n) is 5.38. The molecule has 0 bridgehead atoms. The van der Waals surface area contributed by atoms with Crippen LogP contribution in [0.1, 0.15) is 10.4 Å². The number of ketones is 1. The van der Waals surface area contributed by atoms with Gasteiger partial charge in [0, 0.05) is 12.1 Å². The number of hydrogen-bond donors (Lipinski definition) is 1. The van der Waals surface area contributed by atoms with E-state index >= 15 is 0 Å². The van der Waals surface area contributed by atoms with Gasteiger partial charge in [0.1, 0.15) is 5.75 Å². The van der Waals surface area contributed by atoms with E-state index in [1.165, 1.54) is 11.8 Å². The van der Waals surface area contributed by atoms with Gasteiger partial charge in [-0.25, -0.2) is 0 Å². The van der Waals surface area contributed by atoms with Crippen LogP contribution in [-0.4, -0.2) is 36.9 Å². The van der Waals surface area contributed by atoms with Crippen LogP contribution in [0.3, 0.4) is 0 Å². The fourth-order valence-corrected chi connectivity index (χ4v) is 2.29. The van der Waals surface area contributed by atoms with Crippen LogP contribution in [0.25, 0.3) is 0 Å². The average Bonchev–Trinajstić information content (AvgIpc) is 2.89. The zero-order chi connectivity index (χ0) is 12.1. The van der Waals surface area contributed by atoms with Crippen LogP contribution < -0.4 is 10.1 Å². The molecular formula is C12H15ClN2O2S. The standard InChI is InChI=1S/C12H14N2O2S.ClH/c1-16-10-4-2-9(3-5-10)11(15)8-17-12-13-6-7-14-12;/h2-5H,6-8H2,1H3,(H,13,14);1H. The van der Waals surface area contributed by atoms with Crippen LogP contribution in [0.4, 0.5) is 0 Å². The number of carbonyl (C=O) groups excluding carboxylic acids is 1. The fraction of sp³-hybridized carbons (Fsp3) is 0.333. The summed E-state index contributed by atoms with van der Waals surface area (Å²) in [6.45, 7) is 1.68. The van der Waals surface area contributed by atoms with Gasteiger partial charge in [-0.05, 0) is 24.3 Å². The molecule has 6 heteroatoms. The lowest BCUT2D eigenvalue weighted by atomic mass is 10.1. The molecule has 0 spiro atoms. The summed E-state index contributed by atoms with van der Waals surface area (Å²) in [5, 5.41) is 3.99. The van der Waals surface area contributed by atoms with Gasteiger partial charge in [0.05, 0.1) is 19.4 Å². The largest absolute Gasteiger partial charge is 0.497 e. The van der Waals surface area contributed by atoms with Crippen molar-refractivity contribution in [3.63, 3.8) is 0 Å². The van der Waals surface area contributed by atoms with Crippen LogP contribution in [-0.2, 0) is 0 Å². The zero-order valence-electron chi connectivity index (χ0n) is 10.0. The number of ether oxygens (including phenoxy) is 1. The molecule has 1 aliphatic rings. The van der Waals surface area contributed by atoms with Crippen molar-refractivity contribution in [2.75, 3.05) is 26.0 Å². The van der Waals surface area contributed by atoms with Gasteiger partial charge in [0.15, 0.2) is 11.0 Å². The molecule has 0 saturated carbocycles. The van der Waals surface area contributed by atoms with Crippen LogP contribution >= 0.6 is 24.2 Å². The minimum absolute atomic E-state index is 0. The minimum Gasteiger partial charge on any atom is -0.497 e. The molecule has 0 atom stereocenters. The van der Waals surface area contributed by atoms with Crippen LogP contribution in [0.2, 0.25) is 0 Å². The Kier molecular flexibility index (Phi) is 6.01. The van der Waals surface area contributed by atoms with E-state index in [9.17, 15) is 4.79 Å². The molecule has 0 radical (unpaired) electrons. The number of aliphatic imine (C=N–C) groups is 1. The Hall–Kier alpha value is -1.20. The van der Waals surface area contributed by atoms with Crippen molar-refractivity contribution in [1.82, 2.24) is 5.32 Å². The smallest absolute Gasteiger partial charge is 0.173 e. The molecule has 0 aromatic heterocycles. The van der Waals surface area contributed by atoms with Gasteiger partial charge in [-0.15, -0.1) is 12.4 Å². The van der Waals surface area contributed by atoms with Gasteiger partial charge in [0.2, 0.25) is 0 Å². The predicted octanol–water partition coefficient (Wildman–Crippen LogP) is 1.99. The summed E-state index contributed by atoms with van der Waals surface area (Å²) in [6, 6.07) is 7.16. The number of thioether (sulfide) groups is 1. The van der Waals surface area contributed by atoms with Crippen molar-refractivity contribution in [3.05, 3.63) is 29.8 Å². The molecule has 0 fully saturated rings. The normalized spacial score (nSPS) is 13.3. The first-order chi connectivity index (χ1) is 8.29. The van der Waals surface area contributed by atoms with Gasteiger partial charge < -0.3 is 10.1 Å². The maximum absolute atomic E-state index is 11.9. The Morgan fingerprint density at radius 2 is 2.17 bits per heavy atom. The van der Waals surface area contributed by atoms with E-state index in [4.69, 9.17) is 4.74 Å². The monoisotopic (exact) mass is 286 g/mol. The second kappa shape index (κ2) is 7.28. The summed E-state index contributed by atoms with van der Waals surface area (Å²) in [5.74, 6) is 1.28. The number of nitrogens with zero attached hydrogens (tertiary/aromatic N) is 1. The van der Waals surface area contributed by atoms with Crippen LogP contribution in [0.15, 0.2) is 29.3 Å². The predicted molar refractivity (Wildman–Crippen MR) is 77.3 cm³/mol. The van der Waals surface area contributed by atoms with Gasteiger partial charge in [-0.1, -0.05) is 11.8 Å². The van der Waals surface area contributed by atoms with Gasteiger partial charge in [0.25, 0.3) is 0 Å². The molecule has 0 unspecified atom stereocenters. The zero-order valence-corrected chi connectivity index (χ0v) is 11.6. The van der Waals surface area contributed by atoms with Crippen molar-refractivity contribution >= 4 is 35.1 Å². The lowest BCUT2D eigenvalue weighted by Crippen LogP contribution is -2.17. The van der Waals surface area contributed by atoms with E-state index in [1.54, 1.807) is 31.4 Å². The molecule has 4 nitrogen and oxygen atoms in total. The third kappa shape index (κ3) is 3.92. The number of hydrogen-bond acceptors (Lipinski definition) is 5. The Balaban J connectivity index is 0.00000162.